The van der Waals surface area contributed by atoms with Gasteiger partial charge in [-0.15, -0.1) is 0 Å². The number of rotatable bonds is 5. The zero-order chi connectivity index (χ0) is 19.6. The average Bonchev–Trinajstić information content (AvgIpc) is 3.07. The lowest BCUT2D eigenvalue weighted by atomic mass is 10.2. The molecule has 0 radical (unpaired) electrons. The van der Waals surface area contributed by atoms with Crippen molar-refractivity contribution in [1.82, 2.24) is 10.2 Å². The van der Waals surface area contributed by atoms with Crippen LogP contribution in [0.3, 0.4) is 0 Å². The number of halogens is 1. The fourth-order valence-electron chi connectivity index (χ4n) is 2.34. The number of benzene rings is 2. The highest BCUT2D eigenvalue weighted by Gasteiger charge is 2.23. The zero-order valence-electron chi connectivity index (χ0n) is 13.9. The Hall–Kier alpha value is -3.46. The molecule has 2 N–H and O–H groups in total. The molecule has 9 nitrogen and oxygen atoms in total. The van der Waals surface area contributed by atoms with E-state index in [0.29, 0.717) is 10.9 Å². The second kappa shape index (κ2) is 7.42. The highest BCUT2D eigenvalue weighted by Crippen LogP contribution is 2.27. The van der Waals surface area contributed by atoms with Crippen LogP contribution in [0.2, 0.25) is 5.02 Å². The lowest BCUT2D eigenvalue weighted by molar-refractivity contribution is -0.384. The van der Waals surface area contributed by atoms with E-state index in [2.05, 4.69) is 15.5 Å². The van der Waals surface area contributed by atoms with E-state index < -0.39 is 22.9 Å². The first-order valence-electron chi connectivity index (χ1n) is 7.75. The third-order valence-electron chi connectivity index (χ3n) is 3.74. The van der Waals surface area contributed by atoms with Crippen LogP contribution in [0.5, 0.6) is 0 Å². The number of para-hydroxylation sites is 1. The monoisotopic (exact) mass is 388 g/mol. The predicted octanol–water partition coefficient (Wildman–Crippen LogP) is 3.31. The number of H-pyrrole nitrogens is 1. The Morgan fingerprint density at radius 3 is 2.74 bits per heavy atom. The fraction of sp³-hybridized carbons (Fsp3) is 0.118. The molecule has 1 amide bonds. The van der Waals surface area contributed by atoms with Gasteiger partial charge < -0.3 is 10.1 Å². The third-order valence-corrected chi connectivity index (χ3v) is 4.05. The highest BCUT2D eigenvalue weighted by atomic mass is 35.5. The fourth-order valence-corrected chi connectivity index (χ4v) is 2.56. The smallest absolute Gasteiger partial charge is 0.360 e. The first-order chi connectivity index (χ1) is 12.9. The molecule has 0 saturated carbocycles. The van der Waals surface area contributed by atoms with E-state index in [1.54, 1.807) is 24.3 Å². The molecule has 1 heterocycles. The Kier molecular flexibility index (Phi) is 5.04. The van der Waals surface area contributed by atoms with Crippen molar-refractivity contribution in [1.29, 1.82) is 0 Å². The lowest BCUT2D eigenvalue weighted by Crippen LogP contribution is -2.30. The van der Waals surface area contributed by atoms with Gasteiger partial charge in [0.2, 0.25) is 0 Å². The number of aromatic nitrogens is 2. The number of fused-ring (bicyclic) bond motifs is 1. The van der Waals surface area contributed by atoms with Gasteiger partial charge in [0, 0.05) is 17.5 Å². The molecule has 3 aromatic rings. The summed E-state index contributed by atoms with van der Waals surface area (Å²) in [5.41, 5.74) is 0.695. The number of nitrogens with one attached hydrogen (secondary N) is 2. The van der Waals surface area contributed by atoms with Crippen LogP contribution in [0, 0.1) is 10.1 Å². The molecule has 10 heteroatoms. The van der Waals surface area contributed by atoms with Gasteiger partial charge in [0.1, 0.15) is 0 Å². The van der Waals surface area contributed by atoms with Gasteiger partial charge in [-0.3, -0.25) is 20.0 Å². The Balaban J connectivity index is 1.69. The molecule has 0 spiro atoms. The maximum absolute atomic E-state index is 12.3. The summed E-state index contributed by atoms with van der Waals surface area (Å²) in [6.07, 6.45) is -1.14. The van der Waals surface area contributed by atoms with Crippen molar-refractivity contribution in [3.63, 3.8) is 0 Å². The number of hydrogen-bond acceptors (Lipinski definition) is 6. The van der Waals surface area contributed by atoms with Gasteiger partial charge in [-0.1, -0.05) is 29.8 Å². The number of anilines is 1. The Labute approximate surface area is 157 Å². The number of nitro benzene ring substituents is 1. The van der Waals surface area contributed by atoms with Crippen LogP contribution in [0.1, 0.15) is 17.4 Å². The lowest BCUT2D eigenvalue weighted by Gasteiger charge is -2.13. The summed E-state index contributed by atoms with van der Waals surface area (Å²) in [7, 11) is 0. The van der Waals surface area contributed by atoms with Crippen LogP contribution in [0.25, 0.3) is 10.9 Å². The number of nitrogens with zero attached hydrogens (tertiary/aromatic N) is 2. The summed E-state index contributed by atoms with van der Waals surface area (Å²) in [5, 5.41) is 20.4. The number of carbonyl (C=O) groups is 2. The van der Waals surface area contributed by atoms with Gasteiger partial charge >= 0.3 is 5.97 Å². The number of ether oxygens (including phenoxy) is 1. The minimum atomic E-state index is -1.14. The summed E-state index contributed by atoms with van der Waals surface area (Å²) >= 11 is 5.93. The van der Waals surface area contributed by atoms with Gasteiger partial charge in [-0.05, 0) is 19.1 Å². The number of esters is 1. The molecule has 1 aromatic heterocycles. The van der Waals surface area contributed by atoms with E-state index in [0.717, 1.165) is 6.07 Å². The first kappa shape index (κ1) is 18.3. The van der Waals surface area contributed by atoms with Gasteiger partial charge in [0.05, 0.1) is 21.2 Å². The molecule has 0 bridgehead atoms. The van der Waals surface area contributed by atoms with E-state index in [4.69, 9.17) is 16.3 Å². The van der Waals surface area contributed by atoms with Gasteiger partial charge in [0.25, 0.3) is 11.6 Å². The maximum Gasteiger partial charge on any atom is 0.360 e. The molecule has 0 aliphatic carbocycles. The van der Waals surface area contributed by atoms with Crippen molar-refractivity contribution >= 4 is 45.8 Å². The molecule has 0 unspecified atom stereocenters. The SMILES string of the molecule is C[C@@H](OC(=O)c1n[nH]c2ccccc12)C(=O)Nc1ccc([N+](=O)[O-])cc1Cl. The van der Waals surface area contributed by atoms with E-state index >= 15 is 0 Å². The first-order valence-corrected chi connectivity index (χ1v) is 8.13. The molecule has 0 aliphatic heterocycles. The summed E-state index contributed by atoms with van der Waals surface area (Å²) in [6.45, 7) is 1.39. The summed E-state index contributed by atoms with van der Waals surface area (Å²) in [5.74, 6) is -1.40. The molecule has 0 aliphatic rings. The highest BCUT2D eigenvalue weighted by molar-refractivity contribution is 6.34. The zero-order valence-corrected chi connectivity index (χ0v) is 14.7. The van der Waals surface area contributed by atoms with Crippen LogP contribution < -0.4 is 5.32 Å². The van der Waals surface area contributed by atoms with Gasteiger partial charge in [-0.2, -0.15) is 5.10 Å². The van der Waals surface area contributed by atoms with Crippen molar-refractivity contribution in [2.45, 2.75) is 13.0 Å². The van der Waals surface area contributed by atoms with Crippen molar-refractivity contribution in [3.05, 3.63) is 63.3 Å². The third kappa shape index (κ3) is 3.87. The number of non-ortho nitro benzene ring substituents is 1. The molecule has 0 saturated heterocycles. The quantitative estimate of drug-likeness (QED) is 0.392. The molecule has 1 atom stereocenters. The number of carbonyl (C=O) groups excluding carboxylic acids is 2. The largest absolute Gasteiger partial charge is 0.448 e. The number of aromatic amines is 1. The van der Waals surface area contributed by atoms with E-state index in [-0.39, 0.29) is 22.1 Å². The minimum Gasteiger partial charge on any atom is -0.448 e. The summed E-state index contributed by atoms with van der Waals surface area (Å²) in [4.78, 5) is 34.6. The molecular weight excluding hydrogens is 376 g/mol. The van der Waals surface area contributed by atoms with Crippen molar-refractivity contribution < 1.29 is 19.2 Å². The van der Waals surface area contributed by atoms with Crippen LogP contribution in [0.4, 0.5) is 11.4 Å². The minimum absolute atomic E-state index is 0.00521. The van der Waals surface area contributed by atoms with E-state index in [1.165, 1.54) is 19.1 Å². The van der Waals surface area contributed by atoms with Gasteiger partial charge in [-0.25, -0.2) is 4.79 Å². The Bertz CT molecular complexity index is 1050. The number of amides is 1. The van der Waals surface area contributed by atoms with Crippen LogP contribution in [-0.4, -0.2) is 33.1 Å². The van der Waals surface area contributed by atoms with E-state index in [1.807, 2.05) is 0 Å². The molecule has 27 heavy (non-hydrogen) atoms. The van der Waals surface area contributed by atoms with Crippen LogP contribution >= 0.6 is 11.6 Å². The van der Waals surface area contributed by atoms with Crippen LogP contribution in [-0.2, 0) is 9.53 Å². The van der Waals surface area contributed by atoms with Gasteiger partial charge in [0.15, 0.2) is 11.8 Å². The van der Waals surface area contributed by atoms with Crippen LogP contribution in [0.15, 0.2) is 42.5 Å². The molecular formula is C17H13ClN4O5. The van der Waals surface area contributed by atoms with Crippen molar-refractivity contribution in [2.24, 2.45) is 0 Å². The van der Waals surface area contributed by atoms with E-state index in [9.17, 15) is 19.7 Å². The van der Waals surface area contributed by atoms with Crippen molar-refractivity contribution in [2.75, 3.05) is 5.32 Å². The molecule has 3 rings (SSSR count). The second-order valence-corrected chi connectivity index (χ2v) is 5.98. The average molecular weight is 389 g/mol. The number of nitro groups is 1. The Morgan fingerprint density at radius 2 is 2.04 bits per heavy atom. The molecule has 2 aromatic carbocycles. The normalized spacial score (nSPS) is 11.8. The molecule has 138 valence electrons. The maximum atomic E-state index is 12.3. The summed E-state index contributed by atoms with van der Waals surface area (Å²) in [6, 6.07) is 10.6. The summed E-state index contributed by atoms with van der Waals surface area (Å²) < 4.78 is 5.15. The number of hydrogen-bond donors (Lipinski definition) is 2. The standard InChI is InChI=1S/C17H13ClN4O5/c1-9(16(23)19-14-7-6-10(22(25)26)8-12(14)18)27-17(24)15-11-4-2-3-5-13(11)20-21-15/h2-9H,1H3,(H,19,23)(H,20,21)/t9-/m1/s1. The van der Waals surface area contributed by atoms with Crippen molar-refractivity contribution in [3.8, 4) is 0 Å². The Morgan fingerprint density at radius 1 is 1.30 bits per heavy atom. The topological polar surface area (TPSA) is 127 Å². The second-order valence-electron chi connectivity index (χ2n) is 5.58. The molecule has 0 fully saturated rings. The predicted molar refractivity (Wildman–Crippen MR) is 97.7 cm³/mol.